The molecule has 0 bridgehead atoms. The Balaban J connectivity index is 1.39. The second-order valence-corrected chi connectivity index (χ2v) is 9.83. The summed E-state index contributed by atoms with van der Waals surface area (Å²) in [6.07, 6.45) is 0. The van der Waals surface area contributed by atoms with Crippen LogP contribution in [0.15, 0.2) is 57.9 Å². The van der Waals surface area contributed by atoms with Gasteiger partial charge in [-0.2, -0.15) is 4.31 Å². The van der Waals surface area contributed by atoms with Crippen molar-refractivity contribution in [1.82, 2.24) is 14.1 Å². The molecule has 10 heteroatoms. The van der Waals surface area contributed by atoms with Crippen molar-refractivity contribution < 1.29 is 22.8 Å². The Kier molecular flexibility index (Phi) is 5.48. The first-order valence-electron chi connectivity index (χ1n) is 9.28. The number of carbonyl (C=O) groups is 3. The molecule has 2 heterocycles. The average molecular weight is 492 g/mol. The van der Waals surface area contributed by atoms with Gasteiger partial charge >= 0.3 is 0 Å². The number of imide groups is 1. The predicted octanol–water partition coefficient (Wildman–Crippen LogP) is 1.58. The monoisotopic (exact) mass is 491 g/mol. The molecule has 0 atom stereocenters. The van der Waals surface area contributed by atoms with Crippen LogP contribution in [-0.2, 0) is 14.8 Å². The van der Waals surface area contributed by atoms with Crippen molar-refractivity contribution in [2.75, 3.05) is 32.7 Å². The quantitative estimate of drug-likeness (QED) is 0.605. The summed E-state index contributed by atoms with van der Waals surface area (Å²) in [5, 5.41) is 0. The molecule has 2 aromatic carbocycles. The molecule has 2 aliphatic heterocycles. The number of amides is 3. The lowest BCUT2D eigenvalue weighted by atomic mass is 10.1. The standard InChI is InChI=1S/C20H18BrN3O5S/c21-14-5-7-15(8-6-14)30(28,29)23-11-9-22(10-12-23)18(25)13-24-19(26)16-3-1-2-4-17(16)20(24)27/h1-8H,9-13H2. The largest absolute Gasteiger partial charge is 0.338 e. The number of rotatable bonds is 4. The molecule has 8 nitrogen and oxygen atoms in total. The molecule has 0 spiro atoms. The van der Waals surface area contributed by atoms with Gasteiger partial charge in [0.1, 0.15) is 6.54 Å². The second-order valence-electron chi connectivity index (χ2n) is 6.98. The van der Waals surface area contributed by atoms with Gasteiger partial charge in [-0.25, -0.2) is 8.42 Å². The van der Waals surface area contributed by atoms with E-state index in [-0.39, 0.29) is 43.5 Å². The van der Waals surface area contributed by atoms with E-state index in [1.54, 1.807) is 36.4 Å². The third kappa shape index (κ3) is 3.66. The molecular weight excluding hydrogens is 474 g/mol. The summed E-state index contributed by atoms with van der Waals surface area (Å²) < 4.78 is 27.7. The van der Waals surface area contributed by atoms with Crippen LogP contribution in [0.25, 0.3) is 0 Å². The number of hydrogen-bond acceptors (Lipinski definition) is 5. The van der Waals surface area contributed by atoms with Gasteiger partial charge in [-0.15, -0.1) is 0 Å². The van der Waals surface area contributed by atoms with Gasteiger partial charge in [0.15, 0.2) is 0 Å². The summed E-state index contributed by atoms with van der Waals surface area (Å²) in [5.41, 5.74) is 0.585. The van der Waals surface area contributed by atoms with Crippen molar-refractivity contribution in [3.05, 3.63) is 64.1 Å². The molecule has 4 rings (SSSR count). The van der Waals surface area contributed by atoms with Crippen LogP contribution < -0.4 is 0 Å². The zero-order valence-corrected chi connectivity index (χ0v) is 18.2. The first-order chi connectivity index (χ1) is 14.3. The number of fused-ring (bicyclic) bond motifs is 1. The minimum atomic E-state index is -3.65. The molecule has 2 aromatic rings. The number of sulfonamides is 1. The van der Waals surface area contributed by atoms with E-state index in [4.69, 9.17) is 0 Å². The Bertz CT molecular complexity index is 1090. The molecular formula is C20H18BrN3O5S. The van der Waals surface area contributed by atoms with E-state index in [2.05, 4.69) is 15.9 Å². The fourth-order valence-corrected chi connectivity index (χ4v) is 5.24. The maximum absolute atomic E-state index is 12.8. The van der Waals surface area contributed by atoms with Crippen LogP contribution in [-0.4, -0.2) is 73.0 Å². The highest BCUT2D eigenvalue weighted by Crippen LogP contribution is 2.23. The number of benzene rings is 2. The SMILES string of the molecule is O=C(CN1C(=O)c2ccccc2C1=O)N1CCN(S(=O)(=O)c2ccc(Br)cc2)CC1. The van der Waals surface area contributed by atoms with Crippen molar-refractivity contribution in [1.29, 1.82) is 0 Å². The zero-order chi connectivity index (χ0) is 21.5. The fourth-order valence-electron chi connectivity index (χ4n) is 3.55. The molecule has 1 fully saturated rings. The number of carbonyl (C=O) groups excluding carboxylic acids is 3. The van der Waals surface area contributed by atoms with Crippen molar-refractivity contribution >= 4 is 43.7 Å². The summed E-state index contributed by atoms with van der Waals surface area (Å²) in [6.45, 7) is 0.319. The van der Waals surface area contributed by atoms with E-state index < -0.39 is 21.8 Å². The minimum Gasteiger partial charge on any atom is -0.338 e. The lowest BCUT2D eigenvalue weighted by Crippen LogP contribution is -2.53. The van der Waals surface area contributed by atoms with Crippen LogP contribution in [0.5, 0.6) is 0 Å². The smallest absolute Gasteiger partial charge is 0.262 e. The van der Waals surface area contributed by atoms with E-state index in [1.165, 1.54) is 21.3 Å². The lowest BCUT2D eigenvalue weighted by Gasteiger charge is -2.34. The van der Waals surface area contributed by atoms with E-state index in [9.17, 15) is 22.8 Å². The van der Waals surface area contributed by atoms with Crippen molar-refractivity contribution in [3.8, 4) is 0 Å². The number of halogens is 1. The van der Waals surface area contributed by atoms with Crippen LogP contribution in [0.2, 0.25) is 0 Å². The molecule has 0 radical (unpaired) electrons. The van der Waals surface area contributed by atoms with Gasteiger partial charge in [0, 0.05) is 30.7 Å². The summed E-state index contributed by atoms with van der Waals surface area (Å²) in [4.78, 5) is 40.2. The molecule has 0 saturated carbocycles. The first kappa shape index (κ1) is 20.7. The molecule has 2 aliphatic rings. The summed E-state index contributed by atoms with van der Waals surface area (Å²) in [7, 11) is -3.65. The van der Waals surface area contributed by atoms with Crippen molar-refractivity contribution in [2.24, 2.45) is 0 Å². The number of nitrogens with zero attached hydrogens (tertiary/aromatic N) is 3. The predicted molar refractivity (Wildman–Crippen MR) is 111 cm³/mol. The highest BCUT2D eigenvalue weighted by molar-refractivity contribution is 9.10. The van der Waals surface area contributed by atoms with Crippen LogP contribution in [0.1, 0.15) is 20.7 Å². The Hall–Kier alpha value is -2.56. The summed E-state index contributed by atoms with van der Waals surface area (Å²) in [6, 6.07) is 12.8. The van der Waals surface area contributed by atoms with Gasteiger partial charge in [-0.1, -0.05) is 28.1 Å². The van der Waals surface area contributed by atoms with Gasteiger partial charge in [-0.05, 0) is 36.4 Å². The molecule has 3 amide bonds. The van der Waals surface area contributed by atoms with E-state index in [1.807, 2.05) is 0 Å². The van der Waals surface area contributed by atoms with Gasteiger partial charge in [0.25, 0.3) is 11.8 Å². The van der Waals surface area contributed by atoms with Gasteiger partial charge < -0.3 is 4.90 Å². The van der Waals surface area contributed by atoms with Crippen LogP contribution in [0, 0.1) is 0 Å². The maximum Gasteiger partial charge on any atom is 0.262 e. The summed E-state index contributed by atoms with van der Waals surface area (Å²) in [5.74, 6) is -1.36. The molecule has 0 aliphatic carbocycles. The number of hydrogen-bond donors (Lipinski definition) is 0. The highest BCUT2D eigenvalue weighted by atomic mass is 79.9. The Morgan fingerprint density at radius 1 is 0.867 bits per heavy atom. The van der Waals surface area contributed by atoms with Crippen LogP contribution in [0.4, 0.5) is 0 Å². The lowest BCUT2D eigenvalue weighted by molar-refractivity contribution is -0.132. The maximum atomic E-state index is 12.8. The van der Waals surface area contributed by atoms with Crippen LogP contribution in [0.3, 0.4) is 0 Å². The normalized spacial score (nSPS) is 17.4. The Morgan fingerprint density at radius 3 is 1.93 bits per heavy atom. The van der Waals surface area contributed by atoms with Crippen molar-refractivity contribution in [3.63, 3.8) is 0 Å². The van der Waals surface area contributed by atoms with Crippen molar-refractivity contribution in [2.45, 2.75) is 4.90 Å². The molecule has 156 valence electrons. The zero-order valence-electron chi connectivity index (χ0n) is 15.8. The molecule has 0 aromatic heterocycles. The van der Waals surface area contributed by atoms with E-state index >= 15 is 0 Å². The molecule has 1 saturated heterocycles. The highest BCUT2D eigenvalue weighted by Gasteiger charge is 2.38. The second kappa shape index (κ2) is 7.93. The minimum absolute atomic E-state index is 0.145. The third-order valence-electron chi connectivity index (χ3n) is 5.21. The van der Waals surface area contributed by atoms with E-state index in [0.717, 1.165) is 9.37 Å². The Labute approximate surface area is 182 Å². The topological polar surface area (TPSA) is 95.1 Å². The molecule has 30 heavy (non-hydrogen) atoms. The van der Waals surface area contributed by atoms with Gasteiger partial charge in [0.05, 0.1) is 16.0 Å². The van der Waals surface area contributed by atoms with Gasteiger partial charge in [0.2, 0.25) is 15.9 Å². The van der Waals surface area contributed by atoms with Crippen LogP contribution >= 0.6 is 15.9 Å². The molecule has 0 N–H and O–H groups in total. The third-order valence-corrected chi connectivity index (χ3v) is 7.66. The number of piperazine rings is 1. The first-order valence-corrected chi connectivity index (χ1v) is 11.5. The summed E-state index contributed by atoms with van der Waals surface area (Å²) >= 11 is 3.28. The van der Waals surface area contributed by atoms with Gasteiger partial charge in [-0.3, -0.25) is 19.3 Å². The fraction of sp³-hybridized carbons (Fsp3) is 0.250. The average Bonchev–Trinajstić information content (AvgIpc) is 2.99. The Morgan fingerprint density at radius 2 is 1.40 bits per heavy atom. The molecule has 0 unspecified atom stereocenters. The van der Waals surface area contributed by atoms with E-state index in [0.29, 0.717) is 11.1 Å².